The van der Waals surface area contributed by atoms with E-state index >= 15 is 0 Å². The third kappa shape index (κ3) is 4.43. The predicted octanol–water partition coefficient (Wildman–Crippen LogP) is 3.77. The van der Waals surface area contributed by atoms with Gasteiger partial charge in [-0.05, 0) is 56.0 Å². The van der Waals surface area contributed by atoms with Crippen molar-refractivity contribution >= 4 is 34.4 Å². The van der Waals surface area contributed by atoms with Gasteiger partial charge in [0.05, 0.1) is 12.2 Å². The molecule has 0 radical (unpaired) electrons. The number of nitrogens with one attached hydrogen (secondary N) is 1. The molecule has 1 aliphatic rings. The number of imide groups is 1. The van der Waals surface area contributed by atoms with Gasteiger partial charge in [0.25, 0.3) is 11.8 Å². The van der Waals surface area contributed by atoms with E-state index in [1.807, 2.05) is 55.6 Å². The second-order valence-electron chi connectivity index (χ2n) is 6.12. The van der Waals surface area contributed by atoms with Gasteiger partial charge >= 0.3 is 0 Å². The summed E-state index contributed by atoms with van der Waals surface area (Å²) in [5.41, 5.74) is 1.46. The molecule has 28 heavy (non-hydrogen) atoms. The van der Waals surface area contributed by atoms with Crippen LogP contribution in [0.25, 0.3) is 5.57 Å². The van der Waals surface area contributed by atoms with Crippen LogP contribution in [0, 0.1) is 0 Å². The zero-order valence-corrected chi connectivity index (χ0v) is 16.9. The lowest BCUT2D eigenvalue weighted by Crippen LogP contribution is -2.33. The Bertz CT molecular complexity index is 844. The number of carbonyl (C=O) groups excluding carboxylic acids is 2. The van der Waals surface area contributed by atoms with Crippen molar-refractivity contribution in [3.05, 3.63) is 52.4 Å². The molecule has 0 aliphatic carbocycles. The highest BCUT2D eigenvalue weighted by molar-refractivity contribution is 7.11. The molecule has 0 saturated carbocycles. The fraction of sp³-hybridized carbons (Fsp3) is 0.333. The van der Waals surface area contributed by atoms with Crippen LogP contribution in [0.3, 0.4) is 0 Å². The monoisotopic (exact) mass is 400 g/mol. The summed E-state index contributed by atoms with van der Waals surface area (Å²) in [7, 11) is 0. The van der Waals surface area contributed by atoms with Crippen molar-refractivity contribution in [3.8, 4) is 5.75 Å². The average Bonchev–Trinajstić information content (AvgIpc) is 3.29. The maximum Gasteiger partial charge on any atom is 0.278 e. The first-order valence-corrected chi connectivity index (χ1v) is 10.3. The fourth-order valence-corrected chi connectivity index (χ4v) is 3.73. The van der Waals surface area contributed by atoms with E-state index in [2.05, 4.69) is 5.32 Å². The van der Waals surface area contributed by atoms with Crippen molar-refractivity contribution in [3.63, 3.8) is 0 Å². The standard InChI is InChI=1S/C21H24N2O4S/c1-3-26-13-6-12-23-20(24)18(17-7-5-14-28-17)19(21(23)25)22-15-8-10-16(11-9-15)27-4-2/h5,7-11,14,22H,3-4,6,12-13H2,1-2H3. The number of amides is 2. The second-order valence-corrected chi connectivity index (χ2v) is 7.07. The fourth-order valence-electron chi connectivity index (χ4n) is 2.96. The van der Waals surface area contributed by atoms with E-state index in [9.17, 15) is 9.59 Å². The molecule has 1 aliphatic heterocycles. The molecular formula is C21H24N2O4S. The number of rotatable bonds is 10. The molecule has 2 aromatic rings. The van der Waals surface area contributed by atoms with E-state index in [4.69, 9.17) is 9.47 Å². The molecule has 0 fully saturated rings. The molecule has 0 atom stereocenters. The van der Waals surface area contributed by atoms with Crippen molar-refractivity contribution in [2.24, 2.45) is 0 Å². The molecule has 1 aromatic heterocycles. The minimum Gasteiger partial charge on any atom is -0.494 e. The third-order valence-electron chi connectivity index (χ3n) is 4.24. The van der Waals surface area contributed by atoms with Gasteiger partial charge in [0.1, 0.15) is 11.4 Å². The van der Waals surface area contributed by atoms with Crippen molar-refractivity contribution in [2.75, 3.05) is 31.7 Å². The van der Waals surface area contributed by atoms with Crippen LogP contribution in [0.15, 0.2) is 47.5 Å². The Morgan fingerprint density at radius 1 is 1.04 bits per heavy atom. The summed E-state index contributed by atoms with van der Waals surface area (Å²) in [5.74, 6) is 0.183. The first kappa shape index (κ1) is 20.1. The number of benzene rings is 1. The number of anilines is 1. The molecule has 2 amide bonds. The van der Waals surface area contributed by atoms with Crippen molar-refractivity contribution in [1.29, 1.82) is 0 Å². The zero-order valence-electron chi connectivity index (χ0n) is 16.1. The number of carbonyl (C=O) groups is 2. The van der Waals surface area contributed by atoms with Gasteiger partial charge in [-0.1, -0.05) is 6.07 Å². The Labute approximate surface area is 168 Å². The molecule has 3 rings (SSSR count). The summed E-state index contributed by atoms with van der Waals surface area (Å²) >= 11 is 1.44. The van der Waals surface area contributed by atoms with Crippen LogP contribution >= 0.6 is 11.3 Å². The van der Waals surface area contributed by atoms with Gasteiger partial charge in [0.2, 0.25) is 0 Å². The first-order chi connectivity index (χ1) is 13.7. The largest absolute Gasteiger partial charge is 0.494 e. The molecule has 0 unspecified atom stereocenters. The Kier molecular flexibility index (Phi) is 6.84. The summed E-state index contributed by atoms with van der Waals surface area (Å²) in [6.45, 7) is 5.90. The van der Waals surface area contributed by atoms with E-state index < -0.39 is 0 Å². The van der Waals surface area contributed by atoms with Gasteiger partial charge in [-0.15, -0.1) is 11.3 Å². The van der Waals surface area contributed by atoms with Gasteiger partial charge in [-0.25, -0.2) is 0 Å². The lowest BCUT2D eigenvalue weighted by Gasteiger charge is -2.15. The number of hydrogen-bond acceptors (Lipinski definition) is 6. The molecule has 6 nitrogen and oxygen atoms in total. The molecule has 1 N–H and O–H groups in total. The molecule has 0 bridgehead atoms. The third-order valence-corrected chi connectivity index (χ3v) is 5.13. The molecule has 0 spiro atoms. The quantitative estimate of drug-likeness (QED) is 0.486. The summed E-state index contributed by atoms with van der Waals surface area (Å²) in [6.07, 6.45) is 0.610. The van der Waals surface area contributed by atoms with Crippen molar-refractivity contribution in [1.82, 2.24) is 4.90 Å². The molecule has 148 valence electrons. The van der Waals surface area contributed by atoms with E-state index in [0.717, 1.165) is 16.3 Å². The average molecular weight is 401 g/mol. The summed E-state index contributed by atoms with van der Waals surface area (Å²) < 4.78 is 10.8. The van der Waals surface area contributed by atoms with Crippen LogP contribution in [0.5, 0.6) is 5.75 Å². The van der Waals surface area contributed by atoms with Crippen molar-refractivity contribution in [2.45, 2.75) is 20.3 Å². The Hall–Kier alpha value is -2.64. The van der Waals surface area contributed by atoms with E-state index in [-0.39, 0.29) is 11.8 Å². The van der Waals surface area contributed by atoms with Gasteiger partial charge in [-0.2, -0.15) is 0 Å². The highest BCUT2D eigenvalue weighted by atomic mass is 32.1. The lowest BCUT2D eigenvalue weighted by atomic mass is 10.2. The first-order valence-electron chi connectivity index (χ1n) is 9.37. The molecule has 2 heterocycles. The zero-order chi connectivity index (χ0) is 19.9. The van der Waals surface area contributed by atoms with Crippen molar-refractivity contribution < 1.29 is 19.1 Å². The lowest BCUT2D eigenvalue weighted by molar-refractivity contribution is -0.137. The van der Waals surface area contributed by atoms with Gasteiger partial charge in [0, 0.05) is 30.3 Å². The maximum absolute atomic E-state index is 13.0. The highest BCUT2D eigenvalue weighted by Crippen LogP contribution is 2.33. The highest BCUT2D eigenvalue weighted by Gasteiger charge is 2.39. The molecule has 7 heteroatoms. The number of hydrogen-bond donors (Lipinski definition) is 1. The second kappa shape index (κ2) is 9.52. The van der Waals surface area contributed by atoms with Crippen LogP contribution in [0.2, 0.25) is 0 Å². The minimum absolute atomic E-state index is 0.266. The van der Waals surface area contributed by atoms with Crippen LogP contribution in [-0.2, 0) is 14.3 Å². The Morgan fingerprint density at radius 2 is 1.82 bits per heavy atom. The summed E-state index contributed by atoms with van der Waals surface area (Å²) in [5, 5.41) is 5.04. The van der Waals surface area contributed by atoms with Gasteiger partial charge in [0.15, 0.2) is 0 Å². The number of ether oxygens (including phenoxy) is 2. The topological polar surface area (TPSA) is 67.9 Å². The van der Waals surface area contributed by atoms with Gasteiger partial charge in [-0.3, -0.25) is 14.5 Å². The minimum atomic E-state index is -0.307. The normalized spacial score (nSPS) is 14.1. The van der Waals surface area contributed by atoms with Crippen LogP contribution < -0.4 is 10.1 Å². The van der Waals surface area contributed by atoms with Gasteiger partial charge < -0.3 is 14.8 Å². The smallest absolute Gasteiger partial charge is 0.278 e. The van der Waals surface area contributed by atoms with Crippen LogP contribution in [0.1, 0.15) is 25.1 Å². The predicted molar refractivity (Wildman–Crippen MR) is 110 cm³/mol. The summed E-state index contributed by atoms with van der Waals surface area (Å²) in [4.78, 5) is 28.0. The SMILES string of the molecule is CCOCCCN1C(=O)C(Nc2ccc(OCC)cc2)=C(c2cccs2)C1=O. The maximum atomic E-state index is 13.0. The Morgan fingerprint density at radius 3 is 2.46 bits per heavy atom. The van der Waals surface area contributed by atoms with Crippen LogP contribution in [0.4, 0.5) is 5.69 Å². The molecular weight excluding hydrogens is 376 g/mol. The molecule has 0 saturated heterocycles. The summed E-state index contributed by atoms with van der Waals surface area (Å²) in [6, 6.07) is 11.1. The van der Waals surface area contributed by atoms with E-state index in [1.54, 1.807) is 0 Å². The number of thiophene rings is 1. The Balaban J connectivity index is 1.83. The van der Waals surface area contributed by atoms with E-state index in [0.29, 0.717) is 44.1 Å². The van der Waals surface area contributed by atoms with Crippen LogP contribution in [-0.4, -0.2) is 43.1 Å². The van der Waals surface area contributed by atoms with E-state index in [1.165, 1.54) is 16.2 Å². The molecule has 1 aromatic carbocycles. The number of nitrogens with zero attached hydrogens (tertiary/aromatic N) is 1.